The third-order valence-corrected chi connectivity index (χ3v) is 2.25. The van der Waals surface area contributed by atoms with Crippen LogP contribution >= 0.6 is 0 Å². The second-order valence-electron chi connectivity index (χ2n) is 3.29. The van der Waals surface area contributed by atoms with Crippen molar-refractivity contribution in [2.24, 2.45) is 0 Å². The van der Waals surface area contributed by atoms with Gasteiger partial charge in [0.2, 0.25) is 5.79 Å². The van der Waals surface area contributed by atoms with Gasteiger partial charge in [0.05, 0.1) is 12.0 Å². The van der Waals surface area contributed by atoms with Crippen LogP contribution in [0.4, 0.5) is 0 Å². The highest BCUT2D eigenvalue weighted by Crippen LogP contribution is 2.32. The summed E-state index contributed by atoms with van der Waals surface area (Å²) in [6, 6.07) is 0. The summed E-state index contributed by atoms with van der Waals surface area (Å²) in [5.74, 6) is -2.20. The zero-order chi connectivity index (χ0) is 11.1. The highest BCUT2D eigenvalue weighted by molar-refractivity contribution is 5.76. The largest absolute Gasteiger partial charge is 0.507 e. The van der Waals surface area contributed by atoms with Crippen LogP contribution in [-0.2, 0) is 14.3 Å². The third kappa shape index (κ3) is 1.67. The minimum Gasteiger partial charge on any atom is -0.507 e. The molecule has 1 atom stereocenters. The number of rotatable bonds is 1. The second kappa shape index (κ2) is 3.22. The number of hydrogen-bond donors (Lipinski definition) is 2. The molecule has 80 valence electrons. The summed E-state index contributed by atoms with van der Waals surface area (Å²) < 4.78 is 9.63. The molecule has 1 heterocycles. The molecule has 0 bridgehead atoms. The van der Waals surface area contributed by atoms with E-state index in [-0.39, 0.29) is 17.9 Å². The molecule has 0 aromatic rings. The van der Waals surface area contributed by atoms with Crippen LogP contribution in [0.15, 0.2) is 35.3 Å². The molecular formula is C10H10O5. The lowest BCUT2D eigenvalue weighted by Gasteiger charge is -2.27. The second-order valence-corrected chi connectivity index (χ2v) is 3.29. The van der Waals surface area contributed by atoms with Crippen LogP contribution in [0.2, 0.25) is 0 Å². The van der Waals surface area contributed by atoms with Crippen LogP contribution in [0, 0.1) is 0 Å². The molecule has 1 aliphatic carbocycles. The average Bonchev–Trinajstić information content (AvgIpc) is 2.16. The molecule has 0 spiro atoms. The highest BCUT2D eigenvalue weighted by Gasteiger charge is 2.33. The molecule has 2 rings (SSSR count). The van der Waals surface area contributed by atoms with E-state index >= 15 is 0 Å². The smallest absolute Gasteiger partial charge is 0.315 e. The molecule has 2 N–H and O–H groups in total. The first-order valence-corrected chi connectivity index (χ1v) is 4.38. The number of aliphatic hydroxyl groups is 2. The van der Waals surface area contributed by atoms with Crippen molar-refractivity contribution in [1.29, 1.82) is 0 Å². The summed E-state index contributed by atoms with van der Waals surface area (Å²) >= 11 is 0. The van der Waals surface area contributed by atoms with Crippen LogP contribution in [0.25, 0.3) is 0 Å². The first-order chi connectivity index (χ1) is 7.04. The number of hydrogen-bond acceptors (Lipinski definition) is 5. The van der Waals surface area contributed by atoms with Gasteiger partial charge in [0, 0.05) is 19.3 Å². The van der Waals surface area contributed by atoms with Crippen LogP contribution < -0.4 is 0 Å². The van der Waals surface area contributed by atoms with E-state index in [1.54, 1.807) is 6.08 Å². The van der Waals surface area contributed by atoms with E-state index in [0.717, 1.165) is 6.08 Å². The monoisotopic (exact) mass is 210 g/mol. The number of fused-ring (bicyclic) bond motifs is 1. The predicted molar refractivity (Wildman–Crippen MR) is 49.5 cm³/mol. The van der Waals surface area contributed by atoms with Crippen molar-refractivity contribution in [3.05, 3.63) is 35.3 Å². The summed E-state index contributed by atoms with van der Waals surface area (Å²) in [5, 5.41) is 19.3. The van der Waals surface area contributed by atoms with Gasteiger partial charge in [-0.1, -0.05) is 6.08 Å². The molecule has 0 radical (unpaired) electrons. The van der Waals surface area contributed by atoms with E-state index < -0.39 is 11.8 Å². The van der Waals surface area contributed by atoms with Gasteiger partial charge in [0.15, 0.2) is 0 Å². The van der Waals surface area contributed by atoms with Crippen molar-refractivity contribution in [3.63, 3.8) is 0 Å². The summed E-state index contributed by atoms with van der Waals surface area (Å²) in [5.41, 5.74) is 0.399. The van der Waals surface area contributed by atoms with Crippen LogP contribution in [-0.4, -0.2) is 29.1 Å². The first kappa shape index (κ1) is 9.95. The Bertz CT molecular complexity index is 404. The number of ether oxygens (including phenoxy) is 2. The molecule has 5 heteroatoms. The highest BCUT2D eigenvalue weighted by atomic mass is 16.6. The van der Waals surface area contributed by atoms with Gasteiger partial charge in [0.25, 0.3) is 0 Å². The van der Waals surface area contributed by atoms with Gasteiger partial charge < -0.3 is 19.7 Å². The molecule has 1 unspecified atom stereocenters. The summed E-state index contributed by atoms with van der Waals surface area (Å²) in [4.78, 5) is 11.0. The Morgan fingerprint density at radius 2 is 2.27 bits per heavy atom. The van der Waals surface area contributed by atoms with Crippen molar-refractivity contribution in [3.8, 4) is 0 Å². The quantitative estimate of drug-likeness (QED) is 0.487. The molecule has 15 heavy (non-hydrogen) atoms. The van der Waals surface area contributed by atoms with Crippen LogP contribution in [0.5, 0.6) is 0 Å². The Balaban J connectivity index is 2.45. The molecule has 0 fully saturated rings. The molecule has 0 aromatic carbocycles. The van der Waals surface area contributed by atoms with E-state index in [2.05, 4.69) is 0 Å². The zero-order valence-electron chi connectivity index (χ0n) is 8.06. The normalized spacial score (nSPS) is 29.7. The van der Waals surface area contributed by atoms with Gasteiger partial charge in [0.1, 0.15) is 11.5 Å². The molecule has 1 aliphatic heterocycles. The van der Waals surface area contributed by atoms with Crippen molar-refractivity contribution in [2.75, 3.05) is 7.11 Å². The average molecular weight is 210 g/mol. The standard InChI is InChI=1S/C10H10O5/c1-14-10(13)4-7(11)6-2-3-9(12)15-8(6)5-10/h2,4-5,11,13H,3H2,1H3. The minimum absolute atomic E-state index is 0.107. The van der Waals surface area contributed by atoms with E-state index in [1.165, 1.54) is 13.2 Å². The maximum atomic E-state index is 11.0. The Hall–Kier alpha value is -1.59. The zero-order valence-corrected chi connectivity index (χ0v) is 8.06. The maximum absolute atomic E-state index is 11.0. The van der Waals surface area contributed by atoms with Gasteiger partial charge in [-0.25, -0.2) is 0 Å². The van der Waals surface area contributed by atoms with Crippen LogP contribution in [0.1, 0.15) is 6.42 Å². The molecular weight excluding hydrogens is 200 g/mol. The van der Waals surface area contributed by atoms with E-state index in [9.17, 15) is 15.0 Å². The predicted octanol–water partition coefficient (Wildman–Crippen LogP) is 0.534. The Morgan fingerprint density at radius 3 is 2.93 bits per heavy atom. The first-order valence-electron chi connectivity index (χ1n) is 4.38. The lowest BCUT2D eigenvalue weighted by molar-refractivity contribution is -0.140. The number of esters is 1. The van der Waals surface area contributed by atoms with Gasteiger partial charge in [-0.05, 0) is 0 Å². The fraction of sp³-hybridized carbons (Fsp3) is 0.300. The summed E-state index contributed by atoms with van der Waals surface area (Å²) in [7, 11) is 1.28. The maximum Gasteiger partial charge on any atom is 0.315 e. The fourth-order valence-electron chi connectivity index (χ4n) is 1.46. The van der Waals surface area contributed by atoms with Crippen LogP contribution in [0.3, 0.4) is 0 Å². The molecule has 2 aliphatic rings. The van der Waals surface area contributed by atoms with Gasteiger partial charge in [-0.15, -0.1) is 0 Å². The van der Waals surface area contributed by atoms with E-state index in [0.29, 0.717) is 5.57 Å². The number of aliphatic hydroxyl groups excluding tert-OH is 1. The SMILES string of the molecule is COC1(O)C=C(O)C2=CCC(=O)OC2=C1. The van der Waals surface area contributed by atoms with Gasteiger partial charge in [-0.2, -0.15) is 0 Å². The number of methoxy groups -OCH3 is 1. The van der Waals surface area contributed by atoms with Crippen molar-refractivity contribution in [1.82, 2.24) is 0 Å². The lowest BCUT2D eigenvalue weighted by Crippen LogP contribution is -2.31. The number of carbonyl (C=O) groups excluding carboxylic acids is 1. The Morgan fingerprint density at radius 1 is 1.53 bits per heavy atom. The molecule has 5 nitrogen and oxygen atoms in total. The van der Waals surface area contributed by atoms with Gasteiger partial charge >= 0.3 is 5.97 Å². The minimum atomic E-state index is -1.73. The van der Waals surface area contributed by atoms with E-state index in [4.69, 9.17) is 9.47 Å². The lowest BCUT2D eigenvalue weighted by atomic mass is 9.99. The topological polar surface area (TPSA) is 76.0 Å². The Kier molecular flexibility index (Phi) is 2.13. The molecule has 0 saturated heterocycles. The van der Waals surface area contributed by atoms with Crippen molar-refractivity contribution >= 4 is 5.97 Å². The number of carbonyl (C=O) groups is 1. The molecule has 0 amide bonds. The molecule has 0 aromatic heterocycles. The van der Waals surface area contributed by atoms with Crippen molar-refractivity contribution in [2.45, 2.75) is 12.2 Å². The molecule has 0 saturated carbocycles. The fourth-order valence-corrected chi connectivity index (χ4v) is 1.46. The summed E-state index contributed by atoms with van der Waals surface area (Å²) in [6.45, 7) is 0. The van der Waals surface area contributed by atoms with Gasteiger partial charge in [-0.3, -0.25) is 4.79 Å². The third-order valence-electron chi connectivity index (χ3n) is 2.25. The van der Waals surface area contributed by atoms with E-state index in [1.807, 2.05) is 0 Å². The van der Waals surface area contributed by atoms with Crippen molar-refractivity contribution < 1.29 is 24.5 Å². The summed E-state index contributed by atoms with van der Waals surface area (Å²) in [6.07, 6.45) is 4.02. The Labute approximate surface area is 85.9 Å².